The van der Waals surface area contributed by atoms with Crippen LogP contribution in [0.5, 0.6) is 0 Å². The van der Waals surface area contributed by atoms with E-state index in [1.54, 1.807) is 0 Å². The van der Waals surface area contributed by atoms with Crippen molar-refractivity contribution in [3.63, 3.8) is 0 Å². The Labute approximate surface area is 93.6 Å². The average Bonchev–Trinajstić information content (AvgIpc) is 2.24. The fraction of sp³-hybridized carbons (Fsp3) is 0.364. The SMILES string of the molecule is Cc1cccc(CN(CCC(=O)O)N=O)c1. The van der Waals surface area contributed by atoms with Crippen LogP contribution in [0.4, 0.5) is 0 Å². The molecule has 1 aromatic rings. The summed E-state index contributed by atoms with van der Waals surface area (Å²) in [5, 5.41) is 12.5. The molecule has 0 atom stereocenters. The molecule has 0 aromatic heterocycles. The average molecular weight is 222 g/mol. The maximum Gasteiger partial charge on any atom is 0.305 e. The van der Waals surface area contributed by atoms with Gasteiger partial charge in [-0.25, -0.2) is 0 Å². The quantitative estimate of drug-likeness (QED) is 0.590. The fourth-order valence-corrected chi connectivity index (χ4v) is 1.39. The van der Waals surface area contributed by atoms with E-state index in [0.29, 0.717) is 6.54 Å². The molecule has 0 heterocycles. The molecule has 86 valence electrons. The third kappa shape index (κ3) is 4.08. The summed E-state index contributed by atoms with van der Waals surface area (Å²) in [6.07, 6.45) is -0.0858. The molecule has 0 radical (unpaired) electrons. The number of carbonyl (C=O) groups is 1. The summed E-state index contributed by atoms with van der Waals surface area (Å²) < 4.78 is 0. The predicted octanol–water partition coefficient (Wildman–Crippen LogP) is 1.95. The van der Waals surface area contributed by atoms with Crippen molar-refractivity contribution in [3.05, 3.63) is 40.3 Å². The molecular weight excluding hydrogens is 208 g/mol. The third-order valence-corrected chi connectivity index (χ3v) is 2.15. The van der Waals surface area contributed by atoms with Crippen LogP contribution in [0.1, 0.15) is 17.5 Å². The number of nitroso groups, excluding NO2 is 1. The van der Waals surface area contributed by atoms with Crippen LogP contribution in [-0.4, -0.2) is 22.6 Å². The van der Waals surface area contributed by atoms with E-state index in [1.807, 2.05) is 31.2 Å². The van der Waals surface area contributed by atoms with Crippen LogP contribution >= 0.6 is 0 Å². The van der Waals surface area contributed by atoms with Gasteiger partial charge in [0.2, 0.25) is 0 Å². The summed E-state index contributed by atoms with van der Waals surface area (Å²) >= 11 is 0. The normalized spacial score (nSPS) is 9.81. The van der Waals surface area contributed by atoms with Gasteiger partial charge in [0, 0.05) is 0 Å². The third-order valence-electron chi connectivity index (χ3n) is 2.15. The van der Waals surface area contributed by atoms with Gasteiger partial charge in [-0.3, -0.25) is 9.80 Å². The maximum absolute atomic E-state index is 10.5. The molecule has 1 N–H and O–H groups in total. The van der Waals surface area contributed by atoms with Crippen LogP contribution in [0.25, 0.3) is 0 Å². The summed E-state index contributed by atoms with van der Waals surface area (Å²) in [4.78, 5) is 20.8. The van der Waals surface area contributed by atoms with E-state index in [0.717, 1.165) is 11.1 Å². The molecule has 1 aromatic carbocycles. The van der Waals surface area contributed by atoms with Gasteiger partial charge >= 0.3 is 5.97 Å². The van der Waals surface area contributed by atoms with E-state index in [1.165, 1.54) is 5.01 Å². The second-order valence-corrected chi connectivity index (χ2v) is 3.60. The second kappa shape index (κ2) is 5.85. The zero-order valence-electron chi connectivity index (χ0n) is 9.09. The molecule has 5 nitrogen and oxygen atoms in total. The first-order chi connectivity index (χ1) is 7.61. The molecule has 0 aliphatic carbocycles. The lowest BCUT2D eigenvalue weighted by atomic mass is 10.1. The zero-order valence-corrected chi connectivity index (χ0v) is 9.09. The van der Waals surface area contributed by atoms with Crippen LogP contribution in [0.15, 0.2) is 29.6 Å². The second-order valence-electron chi connectivity index (χ2n) is 3.60. The fourth-order valence-electron chi connectivity index (χ4n) is 1.39. The van der Waals surface area contributed by atoms with Crippen LogP contribution in [0.2, 0.25) is 0 Å². The Morgan fingerprint density at radius 1 is 1.50 bits per heavy atom. The molecule has 16 heavy (non-hydrogen) atoms. The van der Waals surface area contributed by atoms with Gasteiger partial charge in [0.05, 0.1) is 24.8 Å². The largest absolute Gasteiger partial charge is 0.481 e. The number of aliphatic carboxylic acids is 1. The van der Waals surface area contributed by atoms with E-state index in [4.69, 9.17) is 5.11 Å². The molecule has 0 aliphatic heterocycles. The summed E-state index contributed by atoms with van der Waals surface area (Å²) in [7, 11) is 0. The maximum atomic E-state index is 10.5. The van der Waals surface area contributed by atoms with Gasteiger partial charge in [0.15, 0.2) is 0 Å². The molecule has 0 spiro atoms. The lowest BCUT2D eigenvalue weighted by Crippen LogP contribution is -2.20. The van der Waals surface area contributed by atoms with Crippen LogP contribution in [0, 0.1) is 11.8 Å². The van der Waals surface area contributed by atoms with Gasteiger partial charge in [-0.1, -0.05) is 29.8 Å². The standard InChI is InChI=1S/C11H14N2O3/c1-9-3-2-4-10(7-9)8-13(12-16)6-5-11(14)15/h2-4,7H,5-6,8H2,1H3,(H,14,15). The highest BCUT2D eigenvalue weighted by atomic mass is 16.4. The van der Waals surface area contributed by atoms with Crippen molar-refractivity contribution in [2.75, 3.05) is 6.54 Å². The van der Waals surface area contributed by atoms with Gasteiger partial charge < -0.3 is 5.11 Å². The van der Waals surface area contributed by atoms with Gasteiger partial charge in [-0.2, -0.15) is 0 Å². The molecule has 0 unspecified atom stereocenters. The first-order valence-electron chi connectivity index (χ1n) is 4.97. The minimum Gasteiger partial charge on any atom is -0.481 e. The molecule has 1 rings (SSSR count). The Morgan fingerprint density at radius 3 is 2.81 bits per heavy atom. The highest BCUT2D eigenvalue weighted by Crippen LogP contribution is 2.08. The van der Waals surface area contributed by atoms with Gasteiger partial charge in [0.25, 0.3) is 0 Å². The van der Waals surface area contributed by atoms with Gasteiger partial charge in [0.1, 0.15) is 0 Å². The molecule has 0 saturated heterocycles. The topological polar surface area (TPSA) is 70.0 Å². The van der Waals surface area contributed by atoms with Crippen molar-refractivity contribution < 1.29 is 9.90 Å². The minimum atomic E-state index is -0.933. The Balaban J connectivity index is 2.56. The number of rotatable bonds is 6. The van der Waals surface area contributed by atoms with E-state index in [2.05, 4.69) is 5.29 Å². The van der Waals surface area contributed by atoms with Crippen LogP contribution in [-0.2, 0) is 11.3 Å². The number of carboxylic acids is 1. The first-order valence-corrected chi connectivity index (χ1v) is 4.97. The van der Waals surface area contributed by atoms with E-state index in [9.17, 15) is 9.70 Å². The number of benzene rings is 1. The summed E-state index contributed by atoms with van der Waals surface area (Å²) in [5.74, 6) is -0.933. The number of nitrogens with zero attached hydrogens (tertiary/aromatic N) is 2. The molecule has 0 saturated carbocycles. The van der Waals surface area contributed by atoms with Crippen molar-refractivity contribution in [2.45, 2.75) is 19.9 Å². The molecule has 5 heteroatoms. The van der Waals surface area contributed by atoms with Crippen LogP contribution < -0.4 is 0 Å². The van der Waals surface area contributed by atoms with Crippen molar-refractivity contribution >= 4 is 5.97 Å². The Morgan fingerprint density at radius 2 is 2.25 bits per heavy atom. The minimum absolute atomic E-state index is 0.0858. The number of hydrogen-bond acceptors (Lipinski definition) is 3. The van der Waals surface area contributed by atoms with Crippen molar-refractivity contribution in [2.24, 2.45) is 5.29 Å². The van der Waals surface area contributed by atoms with Crippen molar-refractivity contribution in [1.82, 2.24) is 5.01 Å². The molecule has 0 amide bonds. The highest BCUT2D eigenvalue weighted by molar-refractivity contribution is 5.66. The smallest absolute Gasteiger partial charge is 0.305 e. The molecule has 0 fully saturated rings. The zero-order chi connectivity index (χ0) is 12.0. The Hall–Kier alpha value is -1.91. The van der Waals surface area contributed by atoms with E-state index < -0.39 is 5.97 Å². The molecule has 0 aliphatic rings. The molecular formula is C11H14N2O3. The highest BCUT2D eigenvalue weighted by Gasteiger charge is 2.07. The summed E-state index contributed by atoms with van der Waals surface area (Å²) in [6.45, 7) is 2.44. The summed E-state index contributed by atoms with van der Waals surface area (Å²) in [6, 6.07) is 7.68. The summed E-state index contributed by atoms with van der Waals surface area (Å²) in [5.41, 5.74) is 2.05. The first kappa shape index (κ1) is 12.2. The predicted molar refractivity (Wildman–Crippen MR) is 59.6 cm³/mol. The number of carboxylic acid groups (broad SMARTS) is 1. The number of aryl methyl sites for hydroxylation is 1. The Kier molecular flexibility index (Phi) is 4.44. The Bertz CT molecular complexity index is 379. The monoisotopic (exact) mass is 222 g/mol. The van der Waals surface area contributed by atoms with E-state index in [-0.39, 0.29) is 13.0 Å². The van der Waals surface area contributed by atoms with Crippen molar-refractivity contribution in [3.8, 4) is 0 Å². The van der Waals surface area contributed by atoms with Gasteiger partial charge in [-0.15, -0.1) is 4.91 Å². The van der Waals surface area contributed by atoms with Crippen molar-refractivity contribution in [1.29, 1.82) is 0 Å². The number of hydrogen-bond donors (Lipinski definition) is 1. The lowest BCUT2D eigenvalue weighted by Gasteiger charge is -2.14. The lowest BCUT2D eigenvalue weighted by molar-refractivity contribution is -0.137. The molecule has 0 bridgehead atoms. The van der Waals surface area contributed by atoms with Gasteiger partial charge in [-0.05, 0) is 12.5 Å². The van der Waals surface area contributed by atoms with Crippen LogP contribution in [0.3, 0.4) is 0 Å². The van der Waals surface area contributed by atoms with E-state index >= 15 is 0 Å².